The summed E-state index contributed by atoms with van der Waals surface area (Å²) >= 11 is 0. The Bertz CT molecular complexity index is 518. The van der Waals surface area contributed by atoms with Crippen molar-refractivity contribution < 1.29 is 5.11 Å². The van der Waals surface area contributed by atoms with E-state index in [1.165, 1.54) is 22.3 Å². The summed E-state index contributed by atoms with van der Waals surface area (Å²) in [5, 5.41) is 10.4. The number of hydrogen-bond acceptors (Lipinski definition) is 1. The van der Waals surface area contributed by atoms with Crippen LogP contribution in [0.5, 0.6) is 0 Å². The molecule has 0 fully saturated rings. The van der Waals surface area contributed by atoms with Crippen LogP contribution in [0.4, 0.5) is 0 Å². The van der Waals surface area contributed by atoms with Crippen LogP contribution in [0.15, 0.2) is 48.5 Å². The quantitative estimate of drug-likeness (QED) is 0.785. The maximum Gasteiger partial charge on any atom is 0.0700 e. The van der Waals surface area contributed by atoms with Crippen molar-refractivity contribution >= 4 is 0 Å². The van der Waals surface area contributed by atoms with Gasteiger partial charge in [0.25, 0.3) is 0 Å². The van der Waals surface area contributed by atoms with Gasteiger partial charge >= 0.3 is 0 Å². The molecule has 0 heterocycles. The van der Waals surface area contributed by atoms with Gasteiger partial charge < -0.3 is 5.11 Å². The van der Waals surface area contributed by atoms with Gasteiger partial charge in [-0.2, -0.15) is 0 Å². The number of hydrogen-bond donors (Lipinski definition) is 1. The number of fused-ring (bicyclic) bond motifs is 3. The second-order valence-electron chi connectivity index (χ2n) is 5.26. The van der Waals surface area contributed by atoms with Crippen LogP contribution in [0.1, 0.15) is 30.9 Å². The van der Waals surface area contributed by atoms with Crippen LogP contribution in [0, 0.1) is 0 Å². The first-order valence-electron chi connectivity index (χ1n) is 5.99. The zero-order valence-corrected chi connectivity index (χ0v) is 10.1. The van der Waals surface area contributed by atoms with Gasteiger partial charge in [-0.05, 0) is 36.1 Å². The average Bonchev–Trinajstić information content (AvgIpc) is 2.63. The van der Waals surface area contributed by atoms with Crippen LogP contribution in [0.2, 0.25) is 0 Å². The summed E-state index contributed by atoms with van der Waals surface area (Å²) < 4.78 is 0. The van der Waals surface area contributed by atoms with Gasteiger partial charge in [0.2, 0.25) is 0 Å². The Morgan fingerprint density at radius 1 is 0.824 bits per heavy atom. The largest absolute Gasteiger partial charge is 0.389 e. The van der Waals surface area contributed by atoms with Crippen LogP contribution in [-0.4, -0.2) is 10.7 Å². The molecule has 0 amide bonds. The van der Waals surface area contributed by atoms with E-state index in [2.05, 4.69) is 36.4 Å². The van der Waals surface area contributed by atoms with E-state index in [4.69, 9.17) is 0 Å². The minimum absolute atomic E-state index is 0.0786. The highest BCUT2D eigenvalue weighted by Crippen LogP contribution is 2.48. The molecule has 0 spiro atoms. The minimum Gasteiger partial charge on any atom is -0.389 e. The molecular formula is C16H16O. The molecule has 0 aliphatic heterocycles. The fourth-order valence-corrected chi connectivity index (χ4v) is 2.92. The van der Waals surface area contributed by atoms with E-state index in [-0.39, 0.29) is 5.92 Å². The standard InChI is InChI=1S/C16H16O/c1-16(2,17)15-13-9-5-3-7-11(13)12-8-4-6-10-14(12)15/h3-10,15,17H,1-2H3. The van der Waals surface area contributed by atoms with Gasteiger partial charge in [0.05, 0.1) is 5.60 Å². The molecule has 1 heteroatoms. The third kappa shape index (κ3) is 1.50. The van der Waals surface area contributed by atoms with Crippen molar-refractivity contribution in [2.75, 3.05) is 0 Å². The molecule has 0 saturated carbocycles. The first kappa shape index (κ1) is 10.5. The molecule has 1 nitrogen and oxygen atoms in total. The second-order valence-corrected chi connectivity index (χ2v) is 5.26. The van der Waals surface area contributed by atoms with Crippen LogP contribution in [0.25, 0.3) is 11.1 Å². The van der Waals surface area contributed by atoms with Crippen molar-refractivity contribution in [1.29, 1.82) is 0 Å². The van der Waals surface area contributed by atoms with E-state index in [9.17, 15) is 5.11 Å². The minimum atomic E-state index is -0.733. The molecule has 1 aliphatic carbocycles. The summed E-state index contributed by atoms with van der Waals surface area (Å²) in [5.41, 5.74) is 4.26. The zero-order valence-electron chi connectivity index (χ0n) is 10.1. The summed E-state index contributed by atoms with van der Waals surface area (Å²) in [6, 6.07) is 16.7. The Kier molecular flexibility index (Phi) is 2.14. The molecule has 1 N–H and O–H groups in total. The fourth-order valence-electron chi connectivity index (χ4n) is 2.92. The SMILES string of the molecule is CC(C)(O)C1c2ccccc2-c2ccccc21. The van der Waals surface area contributed by atoms with E-state index < -0.39 is 5.60 Å². The predicted octanol–water partition coefficient (Wildman–Crippen LogP) is 3.57. The van der Waals surface area contributed by atoms with Gasteiger partial charge in [-0.25, -0.2) is 0 Å². The van der Waals surface area contributed by atoms with Crippen LogP contribution in [0.3, 0.4) is 0 Å². The Hall–Kier alpha value is -1.60. The number of benzene rings is 2. The van der Waals surface area contributed by atoms with Gasteiger partial charge in [0, 0.05) is 5.92 Å². The van der Waals surface area contributed by atoms with Gasteiger partial charge in [-0.3, -0.25) is 0 Å². The number of rotatable bonds is 1. The maximum absolute atomic E-state index is 10.4. The molecule has 17 heavy (non-hydrogen) atoms. The molecule has 0 atom stereocenters. The van der Waals surface area contributed by atoms with E-state index in [1.54, 1.807) is 0 Å². The van der Waals surface area contributed by atoms with Crippen molar-refractivity contribution in [3.05, 3.63) is 59.7 Å². The lowest BCUT2D eigenvalue weighted by Gasteiger charge is -2.27. The Morgan fingerprint density at radius 2 is 1.24 bits per heavy atom. The monoisotopic (exact) mass is 224 g/mol. The second kappa shape index (κ2) is 3.44. The first-order chi connectivity index (χ1) is 8.09. The topological polar surface area (TPSA) is 20.2 Å². The van der Waals surface area contributed by atoms with Crippen LogP contribution < -0.4 is 0 Å². The Morgan fingerprint density at radius 3 is 1.65 bits per heavy atom. The van der Waals surface area contributed by atoms with Crippen molar-refractivity contribution in [3.63, 3.8) is 0 Å². The van der Waals surface area contributed by atoms with E-state index in [1.807, 2.05) is 26.0 Å². The smallest absolute Gasteiger partial charge is 0.0700 e. The van der Waals surface area contributed by atoms with Crippen molar-refractivity contribution in [2.24, 2.45) is 0 Å². The molecule has 2 aromatic rings. The molecule has 0 bridgehead atoms. The molecule has 0 unspecified atom stereocenters. The molecule has 3 rings (SSSR count). The van der Waals surface area contributed by atoms with Gasteiger partial charge in [0.15, 0.2) is 0 Å². The molecular weight excluding hydrogens is 208 g/mol. The summed E-state index contributed by atoms with van der Waals surface area (Å²) in [4.78, 5) is 0. The zero-order chi connectivity index (χ0) is 12.0. The van der Waals surface area contributed by atoms with Gasteiger partial charge in [-0.1, -0.05) is 48.5 Å². The lowest BCUT2D eigenvalue weighted by Crippen LogP contribution is -2.28. The van der Waals surface area contributed by atoms with Crippen LogP contribution in [-0.2, 0) is 0 Å². The highest BCUT2D eigenvalue weighted by atomic mass is 16.3. The van der Waals surface area contributed by atoms with Crippen molar-refractivity contribution in [3.8, 4) is 11.1 Å². The Balaban J connectivity index is 2.31. The third-order valence-electron chi connectivity index (χ3n) is 3.54. The summed E-state index contributed by atoms with van der Waals surface area (Å²) in [5.74, 6) is 0.0786. The lowest BCUT2D eigenvalue weighted by atomic mass is 9.83. The molecule has 2 aromatic carbocycles. The average molecular weight is 224 g/mol. The molecule has 0 saturated heterocycles. The van der Waals surface area contributed by atoms with Crippen molar-refractivity contribution in [1.82, 2.24) is 0 Å². The highest BCUT2D eigenvalue weighted by molar-refractivity contribution is 5.79. The first-order valence-corrected chi connectivity index (χ1v) is 5.99. The predicted molar refractivity (Wildman–Crippen MR) is 70.0 cm³/mol. The van der Waals surface area contributed by atoms with E-state index >= 15 is 0 Å². The molecule has 0 radical (unpaired) electrons. The van der Waals surface area contributed by atoms with E-state index in [0.717, 1.165) is 0 Å². The van der Waals surface area contributed by atoms with Crippen molar-refractivity contribution in [2.45, 2.75) is 25.4 Å². The van der Waals surface area contributed by atoms with E-state index in [0.29, 0.717) is 0 Å². The number of aliphatic hydroxyl groups is 1. The normalized spacial score (nSPS) is 14.5. The molecule has 86 valence electrons. The fraction of sp³-hybridized carbons (Fsp3) is 0.250. The maximum atomic E-state index is 10.4. The Labute approximate surface area is 102 Å². The summed E-state index contributed by atoms with van der Waals surface area (Å²) in [6.07, 6.45) is 0. The van der Waals surface area contributed by atoms with Gasteiger partial charge in [-0.15, -0.1) is 0 Å². The molecule has 1 aliphatic rings. The molecule has 0 aromatic heterocycles. The lowest BCUT2D eigenvalue weighted by molar-refractivity contribution is 0.0641. The highest BCUT2D eigenvalue weighted by Gasteiger charge is 2.37. The summed E-state index contributed by atoms with van der Waals surface area (Å²) in [6.45, 7) is 3.77. The van der Waals surface area contributed by atoms with Gasteiger partial charge in [0.1, 0.15) is 0 Å². The summed E-state index contributed by atoms with van der Waals surface area (Å²) in [7, 11) is 0. The van der Waals surface area contributed by atoms with Crippen LogP contribution >= 0.6 is 0 Å². The third-order valence-corrected chi connectivity index (χ3v) is 3.54.